The van der Waals surface area contributed by atoms with Gasteiger partial charge in [-0.25, -0.2) is 0 Å². The van der Waals surface area contributed by atoms with Gasteiger partial charge in [-0.15, -0.1) is 0 Å². The van der Waals surface area contributed by atoms with Crippen LogP contribution in [0.25, 0.3) is 0 Å². The Hall–Kier alpha value is -1.56. The van der Waals surface area contributed by atoms with Gasteiger partial charge in [0.2, 0.25) is 0 Å². The molecule has 1 aromatic rings. The van der Waals surface area contributed by atoms with Gasteiger partial charge in [-0.1, -0.05) is 88.4 Å². The molecule has 1 rings (SSSR count). The Morgan fingerprint density at radius 1 is 1.11 bits per heavy atom. The van der Waals surface area contributed by atoms with Crippen LogP contribution < -0.4 is 0 Å². The van der Waals surface area contributed by atoms with Gasteiger partial charge in [0, 0.05) is 5.41 Å². The van der Waals surface area contributed by atoms with Gasteiger partial charge in [0.05, 0.1) is 0 Å². The number of hydrogen-bond donors (Lipinski definition) is 0. The highest BCUT2D eigenvalue weighted by Gasteiger charge is 2.25. The normalized spacial score (nSPS) is 12.0. The standard InChI is InChI=1S/C17H22.C2H6/c1-6-7-13-16(14(2)3)17(4,5)15-11-9-8-10-12-15;1-2/h6-13H,2H2,1,3-5H3;1-2H3/b7-6-,16-13+;. The first-order chi connectivity index (χ1) is 9.00. The minimum atomic E-state index is -0.00734. The summed E-state index contributed by atoms with van der Waals surface area (Å²) >= 11 is 0. The van der Waals surface area contributed by atoms with E-state index in [0.717, 1.165) is 5.57 Å². The van der Waals surface area contributed by atoms with Crippen LogP contribution in [0.5, 0.6) is 0 Å². The molecule has 0 unspecified atom stereocenters. The van der Waals surface area contributed by atoms with E-state index in [-0.39, 0.29) is 5.41 Å². The van der Waals surface area contributed by atoms with E-state index < -0.39 is 0 Å². The molecule has 1 aromatic carbocycles. The van der Waals surface area contributed by atoms with Crippen molar-refractivity contribution in [1.82, 2.24) is 0 Å². The first-order valence-corrected chi connectivity index (χ1v) is 7.05. The molecule has 19 heavy (non-hydrogen) atoms. The van der Waals surface area contributed by atoms with Gasteiger partial charge in [0.15, 0.2) is 0 Å². The molecule has 0 atom stereocenters. The Balaban J connectivity index is 0.00000154. The van der Waals surface area contributed by atoms with E-state index in [1.807, 2.05) is 26.8 Å². The van der Waals surface area contributed by atoms with Crippen LogP contribution in [0.2, 0.25) is 0 Å². The molecule has 0 fully saturated rings. The van der Waals surface area contributed by atoms with Crippen molar-refractivity contribution in [3.63, 3.8) is 0 Å². The zero-order chi connectivity index (χ0) is 14.9. The van der Waals surface area contributed by atoms with Crippen LogP contribution in [-0.2, 0) is 5.41 Å². The van der Waals surface area contributed by atoms with E-state index in [9.17, 15) is 0 Å². The molecular weight excluding hydrogens is 228 g/mol. The van der Waals surface area contributed by atoms with Gasteiger partial charge < -0.3 is 0 Å². The molecule has 0 spiro atoms. The lowest BCUT2D eigenvalue weighted by Gasteiger charge is -2.29. The highest BCUT2D eigenvalue weighted by Crippen LogP contribution is 2.34. The molecular formula is C19H28. The highest BCUT2D eigenvalue weighted by molar-refractivity contribution is 5.45. The van der Waals surface area contributed by atoms with Crippen LogP contribution in [0.15, 0.2) is 66.3 Å². The maximum Gasteiger partial charge on any atom is 0.0148 e. The molecule has 0 N–H and O–H groups in total. The van der Waals surface area contributed by atoms with Gasteiger partial charge in [0.25, 0.3) is 0 Å². The predicted molar refractivity (Wildman–Crippen MR) is 88.5 cm³/mol. The lowest BCUT2D eigenvalue weighted by atomic mass is 9.75. The Labute approximate surface area is 119 Å². The third-order valence-corrected chi connectivity index (χ3v) is 3.08. The number of rotatable bonds is 4. The van der Waals surface area contributed by atoms with Crippen molar-refractivity contribution in [1.29, 1.82) is 0 Å². The molecule has 0 nitrogen and oxygen atoms in total. The van der Waals surface area contributed by atoms with Gasteiger partial charge in [-0.2, -0.15) is 0 Å². The summed E-state index contributed by atoms with van der Waals surface area (Å²) < 4.78 is 0. The fourth-order valence-electron chi connectivity index (χ4n) is 2.09. The number of allylic oxidation sites excluding steroid dienone is 5. The average Bonchev–Trinajstić information content (AvgIpc) is 2.42. The quantitative estimate of drug-likeness (QED) is 0.574. The third-order valence-electron chi connectivity index (χ3n) is 3.08. The van der Waals surface area contributed by atoms with Crippen molar-refractivity contribution in [2.24, 2.45) is 0 Å². The van der Waals surface area contributed by atoms with Crippen LogP contribution in [0, 0.1) is 0 Å². The predicted octanol–water partition coefficient (Wildman–Crippen LogP) is 6.07. The second-order valence-electron chi connectivity index (χ2n) is 4.88. The summed E-state index contributed by atoms with van der Waals surface area (Å²) in [6.07, 6.45) is 6.29. The van der Waals surface area contributed by atoms with Gasteiger partial charge in [-0.05, 0) is 25.0 Å². The molecule has 0 amide bonds. The summed E-state index contributed by atoms with van der Waals surface area (Å²) in [6.45, 7) is 16.7. The molecule has 0 aromatic heterocycles. The number of hydrogen-bond acceptors (Lipinski definition) is 0. The Bertz CT molecular complexity index is 430. The molecule has 0 aliphatic rings. The lowest BCUT2D eigenvalue weighted by Crippen LogP contribution is -2.20. The lowest BCUT2D eigenvalue weighted by molar-refractivity contribution is 0.631. The maximum atomic E-state index is 4.10. The third kappa shape index (κ3) is 4.90. The van der Waals surface area contributed by atoms with E-state index in [0.29, 0.717) is 0 Å². The highest BCUT2D eigenvalue weighted by atomic mass is 14.3. The SMILES string of the molecule is C=C(C)/C(=C\C=C/C)C(C)(C)c1ccccc1.CC. The van der Waals surface area contributed by atoms with Crippen molar-refractivity contribution < 1.29 is 0 Å². The molecule has 0 bridgehead atoms. The molecule has 104 valence electrons. The van der Waals surface area contributed by atoms with Crippen molar-refractivity contribution in [3.8, 4) is 0 Å². The van der Waals surface area contributed by atoms with E-state index >= 15 is 0 Å². The summed E-state index contributed by atoms with van der Waals surface area (Å²) in [4.78, 5) is 0. The van der Waals surface area contributed by atoms with E-state index in [1.165, 1.54) is 11.1 Å². The topological polar surface area (TPSA) is 0 Å². The van der Waals surface area contributed by atoms with Crippen molar-refractivity contribution in [2.45, 2.75) is 47.0 Å². The Kier molecular flexibility index (Phi) is 7.83. The van der Waals surface area contributed by atoms with Crippen molar-refractivity contribution in [3.05, 3.63) is 71.8 Å². The Morgan fingerprint density at radius 3 is 2.05 bits per heavy atom. The van der Waals surface area contributed by atoms with Gasteiger partial charge in [-0.3, -0.25) is 0 Å². The molecule has 0 radical (unpaired) electrons. The minimum Gasteiger partial charge on any atom is -0.0958 e. The van der Waals surface area contributed by atoms with Gasteiger partial charge in [0.1, 0.15) is 0 Å². The molecule has 0 saturated carbocycles. The summed E-state index contributed by atoms with van der Waals surface area (Å²) in [5.74, 6) is 0. The minimum absolute atomic E-state index is 0.00734. The maximum absolute atomic E-state index is 4.10. The summed E-state index contributed by atoms with van der Waals surface area (Å²) in [5.41, 5.74) is 3.71. The van der Waals surface area contributed by atoms with Gasteiger partial charge >= 0.3 is 0 Å². The second kappa shape index (κ2) is 8.53. The molecule has 0 aliphatic carbocycles. The second-order valence-corrected chi connectivity index (χ2v) is 4.88. The summed E-state index contributed by atoms with van der Waals surface area (Å²) in [7, 11) is 0. The van der Waals surface area contributed by atoms with Crippen molar-refractivity contribution >= 4 is 0 Å². The molecule has 0 heteroatoms. The Morgan fingerprint density at radius 2 is 1.63 bits per heavy atom. The largest absolute Gasteiger partial charge is 0.0958 e. The average molecular weight is 256 g/mol. The van der Waals surface area contributed by atoms with Crippen LogP contribution in [0.4, 0.5) is 0 Å². The van der Waals surface area contributed by atoms with Crippen LogP contribution in [0.3, 0.4) is 0 Å². The van der Waals surface area contributed by atoms with E-state index in [4.69, 9.17) is 0 Å². The van der Waals surface area contributed by atoms with Crippen LogP contribution in [0.1, 0.15) is 47.1 Å². The first kappa shape index (κ1) is 17.4. The number of benzene rings is 1. The van der Waals surface area contributed by atoms with E-state index in [2.05, 4.69) is 69.8 Å². The molecule has 0 aliphatic heterocycles. The molecule has 0 saturated heterocycles. The molecule has 0 heterocycles. The fraction of sp³-hybridized carbons (Fsp3) is 0.368. The van der Waals surface area contributed by atoms with E-state index in [1.54, 1.807) is 0 Å². The van der Waals surface area contributed by atoms with Crippen molar-refractivity contribution in [2.75, 3.05) is 0 Å². The smallest absolute Gasteiger partial charge is 0.0148 e. The summed E-state index contributed by atoms with van der Waals surface area (Å²) in [6, 6.07) is 10.6. The monoisotopic (exact) mass is 256 g/mol. The van der Waals surface area contributed by atoms with Crippen LogP contribution >= 0.6 is 0 Å². The fourth-order valence-corrected chi connectivity index (χ4v) is 2.09. The zero-order valence-electron chi connectivity index (χ0n) is 13.3. The first-order valence-electron chi connectivity index (χ1n) is 7.05. The summed E-state index contributed by atoms with van der Waals surface area (Å²) in [5, 5.41) is 0. The zero-order valence-corrected chi connectivity index (χ0v) is 13.3. The van der Waals surface area contributed by atoms with Crippen LogP contribution in [-0.4, -0.2) is 0 Å².